The molecule has 0 aliphatic carbocycles. The van der Waals surface area contributed by atoms with Gasteiger partial charge in [-0.15, -0.1) is 0 Å². The molecule has 0 aromatic heterocycles. The Bertz CT molecular complexity index is 812. The zero-order valence-electron chi connectivity index (χ0n) is 14.1. The fourth-order valence-corrected chi connectivity index (χ4v) is 2.23. The molecule has 2 aromatic carbocycles. The van der Waals surface area contributed by atoms with Crippen molar-refractivity contribution in [2.45, 2.75) is 18.8 Å². The van der Waals surface area contributed by atoms with Crippen LogP contribution in [-0.2, 0) is 9.53 Å². The third-order valence-corrected chi connectivity index (χ3v) is 3.54. The molecule has 1 atom stereocenters. The lowest BCUT2D eigenvalue weighted by atomic mass is 10.1. The SMILES string of the molecule is CCOC(=O)[C@](NC(=O)c1ccccc1)(Nc1ccccc1F)C(F)(F)F. The first-order chi connectivity index (χ1) is 12.7. The van der Waals surface area contributed by atoms with Gasteiger partial charge in [0.05, 0.1) is 12.3 Å². The molecule has 0 spiro atoms. The number of carbonyl (C=O) groups is 2. The highest BCUT2D eigenvalue weighted by Crippen LogP contribution is 2.34. The number of ether oxygens (including phenoxy) is 1. The van der Waals surface area contributed by atoms with Crippen LogP contribution >= 0.6 is 0 Å². The second kappa shape index (κ2) is 8.07. The number of hydrogen-bond acceptors (Lipinski definition) is 4. The summed E-state index contributed by atoms with van der Waals surface area (Å²) in [6.45, 7) is 0.929. The first-order valence-electron chi connectivity index (χ1n) is 7.85. The minimum absolute atomic E-state index is 0.120. The lowest BCUT2D eigenvalue weighted by Gasteiger charge is -2.35. The van der Waals surface area contributed by atoms with E-state index in [1.165, 1.54) is 43.3 Å². The van der Waals surface area contributed by atoms with Crippen molar-refractivity contribution in [2.75, 3.05) is 11.9 Å². The van der Waals surface area contributed by atoms with Crippen LogP contribution in [-0.4, -0.2) is 30.3 Å². The molecule has 27 heavy (non-hydrogen) atoms. The lowest BCUT2D eigenvalue weighted by Crippen LogP contribution is -2.69. The maximum Gasteiger partial charge on any atom is 0.441 e. The zero-order chi connectivity index (χ0) is 20.1. The fraction of sp³-hybridized carbons (Fsp3) is 0.222. The van der Waals surface area contributed by atoms with Gasteiger partial charge in [0.15, 0.2) is 0 Å². The van der Waals surface area contributed by atoms with Gasteiger partial charge < -0.3 is 15.4 Å². The molecule has 144 valence electrons. The molecular weight excluding hydrogens is 368 g/mol. The molecule has 0 saturated carbocycles. The summed E-state index contributed by atoms with van der Waals surface area (Å²) in [6, 6.07) is 11.4. The number of halogens is 4. The number of hydrogen-bond donors (Lipinski definition) is 2. The summed E-state index contributed by atoms with van der Waals surface area (Å²) in [7, 11) is 0. The van der Waals surface area contributed by atoms with Crippen LogP contribution < -0.4 is 10.6 Å². The van der Waals surface area contributed by atoms with Crippen LogP contribution in [0.25, 0.3) is 0 Å². The van der Waals surface area contributed by atoms with Gasteiger partial charge in [-0.1, -0.05) is 30.3 Å². The number of anilines is 1. The van der Waals surface area contributed by atoms with Crippen LogP contribution in [0.5, 0.6) is 0 Å². The van der Waals surface area contributed by atoms with Crippen LogP contribution in [0.15, 0.2) is 54.6 Å². The Balaban J connectivity index is 2.52. The Morgan fingerprint density at radius 2 is 1.59 bits per heavy atom. The van der Waals surface area contributed by atoms with Crippen molar-refractivity contribution in [3.05, 3.63) is 66.0 Å². The third-order valence-electron chi connectivity index (χ3n) is 3.54. The second-order valence-electron chi connectivity index (χ2n) is 5.39. The topological polar surface area (TPSA) is 67.4 Å². The van der Waals surface area contributed by atoms with Gasteiger partial charge in [-0.05, 0) is 31.2 Å². The summed E-state index contributed by atoms with van der Waals surface area (Å²) in [5.74, 6) is -4.04. The Hall–Kier alpha value is -3.10. The normalized spacial score (nSPS) is 13.4. The number of benzene rings is 2. The number of nitrogens with one attached hydrogen (secondary N) is 2. The van der Waals surface area contributed by atoms with E-state index in [-0.39, 0.29) is 12.2 Å². The number of para-hydroxylation sites is 1. The average Bonchev–Trinajstić information content (AvgIpc) is 2.62. The van der Waals surface area contributed by atoms with Crippen LogP contribution in [0.2, 0.25) is 0 Å². The van der Waals surface area contributed by atoms with Gasteiger partial charge in [-0.25, -0.2) is 9.18 Å². The fourth-order valence-electron chi connectivity index (χ4n) is 2.23. The maximum absolute atomic E-state index is 13.9. The predicted octanol–water partition coefficient (Wildman–Crippen LogP) is 3.49. The number of amides is 1. The summed E-state index contributed by atoms with van der Waals surface area (Å²) in [4.78, 5) is 24.6. The Labute approximate surface area is 152 Å². The van der Waals surface area contributed by atoms with Crippen molar-refractivity contribution in [1.82, 2.24) is 5.32 Å². The summed E-state index contributed by atoms with van der Waals surface area (Å²) >= 11 is 0. The molecule has 2 aromatic rings. The van der Waals surface area contributed by atoms with Gasteiger partial charge in [0.2, 0.25) is 0 Å². The monoisotopic (exact) mass is 384 g/mol. The highest BCUT2D eigenvalue weighted by Gasteiger charge is 2.63. The minimum Gasteiger partial charge on any atom is -0.463 e. The number of alkyl halides is 3. The lowest BCUT2D eigenvalue weighted by molar-refractivity contribution is -0.204. The van der Waals surface area contributed by atoms with Crippen molar-refractivity contribution in [1.29, 1.82) is 0 Å². The van der Waals surface area contributed by atoms with Gasteiger partial charge >= 0.3 is 17.8 Å². The maximum atomic E-state index is 13.9. The zero-order valence-corrected chi connectivity index (χ0v) is 14.1. The molecule has 5 nitrogen and oxygen atoms in total. The van der Waals surface area contributed by atoms with E-state index in [0.29, 0.717) is 0 Å². The predicted molar refractivity (Wildman–Crippen MR) is 89.3 cm³/mol. The molecule has 0 fully saturated rings. The van der Waals surface area contributed by atoms with E-state index in [0.717, 1.165) is 12.1 Å². The third kappa shape index (κ3) is 4.36. The molecule has 0 unspecified atom stereocenters. The molecule has 0 aliphatic rings. The Morgan fingerprint density at radius 1 is 1.00 bits per heavy atom. The largest absolute Gasteiger partial charge is 0.463 e. The molecule has 2 N–H and O–H groups in total. The standard InChI is InChI=1S/C18H16F4N2O3/c1-2-27-16(26)17(18(20,21)22,23-14-11-7-6-10-13(14)19)24-15(25)12-8-4-3-5-9-12/h3-11,23H,2H2,1H3,(H,24,25)/t17-/m1/s1. The van der Waals surface area contributed by atoms with E-state index in [4.69, 9.17) is 0 Å². The number of carbonyl (C=O) groups excluding carboxylic acids is 2. The van der Waals surface area contributed by atoms with Gasteiger partial charge in [-0.3, -0.25) is 4.79 Å². The molecule has 2 rings (SSSR count). The van der Waals surface area contributed by atoms with Crippen LogP contribution in [0.3, 0.4) is 0 Å². The van der Waals surface area contributed by atoms with E-state index in [1.807, 2.05) is 0 Å². The van der Waals surface area contributed by atoms with Crippen LogP contribution in [0, 0.1) is 5.82 Å². The van der Waals surface area contributed by atoms with E-state index in [9.17, 15) is 27.2 Å². The first-order valence-corrected chi connectivity index (χ1v) is 7.85. The van der Waals surface area contributed by atoms with Gasteiger partial charge in [0.1, 0.15) is 5.82 Å². The summed E-state index contributed by atoms with van der Waals surface area (Å²) in [6.07, 6.45) is -5.34. The first kappa shape index (κ1) is 20.2. The quantitative estimate of drug-likeness (QED) is 0.455. The van der Waals surface area contributed by atoms with Gasteiger partial charge in [-0.2, -0.15) is 13.2 Å². The number of rotatable bonds is 6. The summed E-state index contributed by atoms with van der Waals surface area (Å²) < 4.78 is 60.3. The van der Waals surface area contributed by atoms with Crippen molar-refractivity contribution in [2.24, 2.45) is 0 Å². The molecule has 0 aliphatic heterocycles. The van der Waals surface area contributed by atoms with Crippen LogP contribution in [0.1, 0.15) is 17.3 Å². The van der Waals surface area contributed by atoms with Crippen molar-refractivity contribution in [3.63, 3.8) is 0 Å². The molecule has 0 saturated heterocycles. The highest BCUT2D eigenvalue weighted by atomic mass is 19.4. The Kier molecular flexibility index (Phi) is 6.04. The molecule has 9 heteroatoms. The Morgan fingerprint density at radius 3 is 2.15 bits per heavy atom. The number of esters is 1. The van der Waals surface area contributed by atoms with E-state index in [1.54, 1.807) is 16.7 Å². The highest BCUT2D eigenvalue weighted by molar-refractivity contribution is 5.99. The van der Waals surface area contributed by atoms with E-state index >= 15 is 0 Å². The second-order valence-corrected chi connectivity index (χ2v) is 5.39. The molecule has 1 amide bonds. The molecular formula is C18H16F4N2O3. The van der Waals surface area contributed by atoms with Gasteiger partial charge in [0, 0.05) is 5.56 Å². The average molecular weight is 384 g/mol. The van der Waals surface area contributed by atoms with E-state index < -0.39 is 35.2 Å². The smallest absolute Gasteiger partial charge is 0.441 e. The molecule has 0 bridgehead atoms. The van der Waals surface area contributed by atoms with Crippen LogP contribution in [0.4, 0.5) is 23.2 Å². The molecule has 0 heterocycles. The van der Waals surface area contributed by atoms with Crippen molar-refractivity contribution in [3.8, 4) is 0 Å². The van der Waals surface area contributed by atoms with E-state index in [2.05, 4.69) is 4.74 Å². The van der Waals surface area contributed by atoms with Crippen molar-refractivity contribution < 1.29 is 31.9 Å². The summed E-state index contributed by atoms with van der Waals surface area (Å²) in [5.41, 5.74) is -4.43. The molecule has 0 radical (unpaired) electrons. The van der Waals surface area contributed by atoms with Crippen molar-refractivity contribution >= 4 is 17.6 Å². The summed E-state index contributed by atoms with van der Waals surface area (Å²) in [5, 5.41) is 3.41. The van der Waals surface area contributed by atoms with Gasteiger partial charge in [0.25, 0.3) is 5.91 Å². The minimum atomic E-state index is -5.34.